The average Bonchev–Trinajstić information content (AvgIpc) is 2.65. The van der Waals surface area contributed by atoms with E-state index in [1.165, 1.54) is 18.6 Å². The Kier molecular flexibility index (Phi) is 4.80. The summed E-state index contributed by atoms with van der Waals surface area (Å²) < 4.78 is 18.5. The van der Waals surface area contributed by atoms with Gasteiger partial charge < -0.3 is 20.9 Å². The Balaban J connectivity index is 1.21. The zero-order valence-corrected chi connectivity index (χ0v) is 17.2. The Labute approximate surface area is 179 Å². The predicted molar refractivity (Wildman–Crippen MR) is 110 cm³/mol. The van der Waals surface area contributed by atoms with Crippen LogP contribution in [0.25, 0.3) is 0 Å². The smallest absolute Gasteiger partial charge is 0.306 e. The summed E-state index contributed by atoms with van der Waals surface area (Å²) in [5.41, 5.74) is 5.60. The number of nitrogens with zero attached hydrogens (tertiary/aromatic N) is 3. The van der Waals surface area contributed by atoms with Crippen molar-refractivity contribution in [3.05, 3.63) is 35.9 Å². The van der Waals surface area contributed by atoms with Crippen molar-refractivity contribution in [1.82, 2.24) is 15.0 Å². The van der Waals surface area contributed by atoms with E-state index < -0.39 is 5.60 Å². The molecule has 0 saturated heterocycles. The van der Waals surface area contributed by atoms with Crippen molar-refractivity contribution in [2.45, 2.75) is 57.2 Å². The molecule has 1 aromatic heterocycles. The lowest BCUT2D eigenvalue weighted by Gasteiger charge is -2.60. The number of aliphatic hydroxyl groups is 1. The molecule has 1 aromatic carbocycles. The first-order valence-electron chi connectivity index (χ1n) is 10.7. The first-order chi connectivity index (χ1) is 14.8. The van der Waals surface area contributed by atoms with Crippen LogP contribution in [0.15, 0.2) is 24.3 Å². The lowest BCUT2D eigenvalue weighted by molar-refractivity contribution is -0.177. The summed E-state index contributed by atoms with van der Waals surface area (Å²) in [6.07, 6.45) is 5.89. The van der Waals surface area contributed by atoms with E-state index in [0.717, 1.165) is 25.7 Å². The lowest BCUT2D eigenvalue weighted by Crippen LogP contribution is -2.56. The molecule has 4 fully saturated rings. The van der Waals surface area contributed by atoms with Gasteiger partial charge in [-0.1, -0.05) is 0 Å². The number of rotatable bonds is 6. The molecule has 8 nitrogen and oxygen atoms in total. The van der Waals surface area contributed by atoms with E-state index in [2.05, 4.69) is 20.3 Å². The number of nitrogens with one attached hydrogen (secondary N) is 1. The molecule has 2 atom stereocenters. The van der Waals surface area contributed by atoms with Crippen molar-refractivity contribution in [3.8, 4) is 0 Å². The van der Waals surface area contributed by atoms with Gasteiger partial charge in [-0.25, -0.2) is 4.39 Å². The number of carbonyl (C=O) groups excluding carboxylic acids is 1. The van der Waals surface area contributed by atoms with Crippen molar-refractivity contribution in [1.29, 1.82) is 0 Å². The molecule has 4 saturated carbocycles. The van der Waals surface area contributed by atoms with Gasteiger partial charge in [-0.15, -0.1) is 0 Å². The second kappa shape index (κ2) is 7.40. The second-order valence-electron chi connectivity index (χ2n) is 9.59. The molecule has 31 heavy (non-hydrogen) atoms. The third-order valence-corrected chi connectivity index (χ3v) is 6.83. The molecule has 0 aliphatic heterocycles. The molecular formula is C22H26FN5O3. The van der Waals surface area contributed by atoms with Gasteiger partial charge in [-0.3, -0.25) is 4.79 Å². The van der Waals surface area contributed by atoms with Crippen LogP contribution < -0.4 is 11.1 Å². The molecule has 4 bridgehead atoms. The number of benzene rings is 1. The zero-order valence-electron chi connectivity index (χ0n) is 17.2. The van der Waals surface area contributed by atoms with Crippen LogP contribution in [-0.4, -0.2) is 31.6 Å². The van der Waals surface area contributed by atoms with Crippen molar-refractivity contribution in [2.24, 2.45) is 17.3 Å². The van der Waals surface area contributed by atoms with Gasteiger partial charge in [0.2, 0.25) is 11.9 Å². The van der Waals surface area contributed by atoms with Gasteiger partial charge in [0.05, 0.1) is 12.0 Å². The molecule has 0 radical (unpaired) electrons. The summed E-state index contributed by atoms with van der Waals surface area (Å²) >= 11 is 0. The normalized spacial score (nSPS) is 30.9. The van der Waals surface area contributed by atoms with E-state index in [9.17, 15) is 14.3 Å². The zero-order chi connectivity index (χ0) is 21.6. The molecule has 9 heteroatoms. The Hall–Kier alpha value is -2.81. The van der Waals surface area contributed by atoms with E-state index in [1.54, 1.807) is 12.1 Å². The Morgan fingerprint density at radius 2 is 1.87 bits per heavy atom. The number of hydrogen-bond donors (Lipinski definition) is 3. The van der Waals surface area contributed by atoms with Crippen molar-refractivity contribution in [3.63, 3.8) is 0 Å². The number of esters is 1. The molecule has 0 amide bonds. The summed E-state index contributed by atoms with van der Waals surface area (Å²) in [6.45, 7) is -0.114. The molecule has 4 aliphatic carbocycles. The summed E-state index contributed by atoms with van der Waals surface area (Å²) in [4.78, 5) is 24.9. The van der Waals surface area contributed by atoms with E-state index in [0.29, 0.717) is 30.4 Å². The molecular weight excluding hydrogens is 401 g/mol. The maximum atomic E-state index is 13.1. The lowest BCUT2D eigenvalue weighted by atomic mass is 9.47. The van der Waals surface area contributed by atoms with E-state index in [4.69, 9.17) is 10.5 Å². The number of hydrogen-bond acceptors (Lipinski definition) is 8. The van der Waals surface area contributed by atoms with E-state index in [1.807, 2.05) is 0 Å². The third-order valence-electron chi connectivity index (χ3n) is 6.83. The van der Waals surface area contributed by atoms with Gasteiger partial charge in [-0.05, 0) is 80.0 Å². The largest absolute Gasteiger partial charge is 0.457 e. The summed E-state index contributed by atoms with van der Waals surface area (Å²) in [6, 6.07) is 5.73. The minimum absolute atomic E-state index is 0.00559. The van der Waals surface area contributed by atoms with Crippen LogP contribution in [0.2, 0.25) is 0 Å². The first-order valence-corrected chi connectivity index (χ1v) is 10.7. The Morgan fingerprint density at radius 3 is 2.55 bits per heavy atom. The molecule has 4 aliphatic rings. The second-order valence-corrected chi connectivity index (χ2v) is 9.59. The number of anilines is 3. The summed E-state index contributed by atoms with van der Waals surface area (Å²) in [5.74, 6) is 0.791. The Morgan fingerprint density at radius 1 is 1.16 bits per heavy atom. The monoisotopic (exact) mass is 427 g/mol. The van der Waals surface area contributed by atoms with Gasteiger partial charge in [0, 0.05) is 5.69 Å². The minimum Gasteiger partial charge on any atom is -0.457 e. The van der Waals surface area contributed by atoms with Crippen molar-refractivity contribution in [2.75, 3.05) is 11.1 Å². The number of halogens is 1. The highest BCUT2D eigenvalue weighted by Crippen LogP contribution is 2.62. The quantitative estimate of drug-likeness (QED) is 0.601. The predicted octanol–water partition coefficient (Wildman–Crippen LogP) is 3.10. The third kappa shape index (κ3) is 4.32. The van der Waals surface area contributed by atoms with Gasteiger partial charge in [0.1, 0.15) is 5.82 Å². The molecule has 6 rings (SSSR count). The molecule has 164 valence electrons. The summed E-state index contributed by atoms with van der Waals surface area (Å²) in [5, 5.41) is 13.8. The number of nitrogen functional groups attached to an aromatic ring is 1. The minimum atomic E-state index is -0.603. The van der Waals surface area contributed by atoms with Crippen LogP contribution in [0.4, 0.5) is 22.0 Å². The topological polar surface area (TPSA) is 123 Å². The number of carbonyl (C=O) groups is 1. The van der Waals surface area contributed by atoms with Gasteiger partial charge in [0.15, 0.2) is 12.4 Å². The van der Waals surface area contributed by atoms with Gasteiger partial charge in [-0.2, -0.15) is 15.0 Å². The van der Waals surface area contributed by atoms with Gasteiger partial charge >= 0.3 is 5.97 Å². The average molecular weight is 427 g/mol. The fraction of sp³-hybridized carbons (Fsp3) is 0.545. The first kappa shape index (κ1) is 20.1. The van der Waals surface area contributed by atoms with Crippen LogP contribution in [0.3, 0.4) is 0 Å². The number of ether oxygens (including phenoxy) is 1. The molecule has 1 heterocycles. The fourth-order valence-corrected chi connectivity index (χ4v) is 6.33. The molecule has 2 unspecified atom stereocenters. The number of nitrogens with two attached hydrogens (primary N) is 1. The summed E-state index contributed by atoms with van der Waals surface area (Å²) in [7, 11) is 0. The molecule has 2 aromatic rings. The maximum Gasteiger partial charge on any atom is 0.306 e. The SMILES string of the molecule is Nc1nc(COC(=O)CC23CC4CC(CC(O)(C4)C2)C3)nc(Nc2ccc(F)cc2)n1. The van der Waals surface area contributed by atoms with Crippen LogP contribution >= 0.6 is 0 Å². The van der Waals surface area contributed by atoms with E-state index >= 15 is 0 Å². The maximum absolute atomic E-state index is 13.1. The van der Waals surface area contributed by atoms with Crippen LogP contribution in [0.1, 0.15) is 50.8 Å². The fourth-order valence-electron chi connectivity index (χ4n) is 6.33. The Bertz CT molecular complexity index is 985. The highest BCUT2D eigenvalue weighted by atomic mass is 19.1. The highest BCUT2D eigenvalue weighted by molar-refractivity contribution is 5.70. The molecule has 0 spiro atoms. The number of aromatic nitrogens is 3. The van der Waals surface area contributed by atoms with Crippen molar-refractivity contribution < 1.29 is 19.0 Å². The van der Waals surface area contributed by atoms with Crippen LogP contribution in [-0.2, 0) is 16.1 Å². The van der Waals surface area contributed by atoms with Crippen molar-refractivity contribution >= 4 is 23.6 Å². The molecule has 4 N–H and O–H groups in total. The van der Waals surface area contributed by atoms with Crippen LogP contribution in [0, 0.1) is 23.1 Å². The highest BCUT2D eigenvalue weighted by Gasteiger charge is 2.57. The van der Waals surface area contributed by atoms with Crippen LogP contribution in [0.5, 0.6) is 0 Å². The standard InChI is InChI=1S/C22H26FN5O3/c23-15-1-3-16(4-2-15)25-20-27-17(26-19(24)28-20)11-31-18(29)10-21-6-13-5-14(7-21)9-22(30,8-13)12-21/h1-4,13-14,30H,5-12H2,(H3,24,25,26,27,28). The van der Waals surface area contributed by atoms with E-state index in [-0.39, 0.29) is 41.5 Å². The van der Waals surface area contributed by atoms with Gasteiger partial charge in [0.25, 0.3) is 0 Å².